The third-order valence-corrected chi connectivity index (χ3v) is 3.66. The molecule has 0 radical (unpaired) electrons. The fraction of sp³-hybridized carbons (Fsp3) is 0.500. The van der Waals surface area contributed by atoms with Gasteiger partial charge in [-0.15, -0.1) is 0 Å². The molecule has 1 aromatic rings. The second-order valence-electron chi connectivity index (χ2n) is 5.30. The minimum absolute atomic E-state index is 0.0879. The van der Waals surface area contributed by atoms with Crippen molar-refractivity contribution in [2.75, 3.05) is 32.1 Å². The Hall–Kier alpha value is -1.59. The molecule has 5 heteroatoms. The van der Waals surface area contributed by atoms with Gasteiger partial charge in [-0.1, -0.05) is 6.07 Å². The van der Waals surface area contributed by atoms with Crippen LogP contribution in [-0.2, 0) is 11.3 Å². The topological polar surface area (TPSA) is 53.6 Å². The van der Waals surface area contributed by atoms with Crippen LogP contribution in [0.5, 0.6) is 5.75 Å². The number of rotatable bonds is 3. The summed E-state index contributed by atoms with van der Waals surface area (Å²) >= 11 is 0. The number of amides is 1. The predicted molar refractivity (Wildman–Crippen MR) is 73.3 cm³/mol. The Morgan fingerprint density at radius 1 is 1.53 bits per heavy atom. The zero-order valence-electron chi connectivity index (χ0n) is 11.1. The summed E-state index contributed by atoms with van der Waals surface area (Å²) in [6.45, 7) is 3.19. The van der Waals surface area contributed by atoms with E-state index in [9.17, 15) is 4.79 Å². The molecule has 5 nitrogen and oxygen atoms in total. The first-order valence-electron chi connectivity index (χ1n) is 6.68. The summed E-state index contributed by atoms with van der Waals surface area (Å²) in [7, 11) is 2.15. The summed E-state index contributed by atoms with van der Waals surface area (Å²) in [5.41, 5.74) is 1.94. The molecule has 0 aromatic heterocycles. The molecular weight excluding hydrogens is 242 g/mol. The fourth-order valence-electron chi connectivity index (χ4n) is 2.60. The SMILES string of the molecule is CN1CCC(NCc2ccc3c(c2)NC(=O)CO3)C1. The number of carbonyl (C=O) groups excluding carboxylic acids is 1. The zero-order valence-corrected chi connectivity index (χ0v) is 11.1. The van der Waals surface area contributed by atoms with E-state index in [4.69, 9.17) is 4.74 Å². The third-order valence-electron chi connectivity index (χ3n) is 3.66. The Bertz CT molecular complexity index is 490. The maximum absolute atomic E-state index is 11.3. The Balaban J connectivity index is 1.62. The lowest BCUT2D eigenvalue weighted by Gasteiger charge is -2.19. The van der Waals surface area contributed by atoms with E-state index in [-0.39, 0.29) is 12.5 Å². The molecule has 102 valence electrons. The molecule has 2 aliphatic heterocycles. The summed E-state index contributed by atoms with van der Waals surface area (Å²) in [5.74, 6) is 0.666. The van der Waals surface area contributed by atoms with Crippen LogP contribution in [0, 0.1) is 0 Å². The van der Waals surface area contributed by atoms with Gasteiger partial charge >= 0.3 is 0 Å². The van der Waals surface area contributed by atoms with Crippen molar-refractivity contribution in [3.63, 3.8) is 0 Å². The fourth-order valence-corrected chi connectivity index (χ4v) is 2.60. The molecule has 1 aromatic carbocycles. The van der Waals surface area contributed by atoms with Crippen LogP contribution in [0.1, 0.15) is 12.0 Å². The van der Waals surface area contributed by atoms with E-state index in [1.165, 1.54) is 12.0 Å². The first-order chi connectivity index (χ1) is 9.20. The van der Waals surface area contributed by atoms with Crippen LogP contribution < -0.4 is 15.4 Å². The van der Waals surface area contributed by atoms with Gasteiger partial charge in [0.1, 0.15) is 5.75 Å². The highest BCUT2D eigenvalue weighted by atomic mass is 16.5. The van der Waals surface area contributed by atoms with E-state index < -0.39 is 0 Å². The number of fused-ring (bicyclic) bond motifs is 1. The van der Waals surface area contributed by atoms with E-state index in [1.807, 2.05) is 18.2 Å². The maximum Gasteiger partial charge on any atom is 0.262 e. The van der Waals surface area contributed by atoms with Gasteiger partial charge in [-0.2, -0.15) is 0 Å². The summed E-state index contributed by atoms with van der Waals surface area (Å²) in [6.07, 6.45) is 1.20. The summed E-state index contributed by atoms with van der Waals surface area (Å²) in [6, 6.07) is 6.51. The smallest absolute Gasteiger partial charge is 0.262 e. The van der Waals surface area contributed by atoms with Gasteiger partial charge in [0.2, 0.25) is 0 Å². The molecule has 2 heterocycles. The van der Waals surface area contributed by atoms with Crippen LogP contribution in [0.2, 0.25) is 0 Å². The predicted octanol–water partition coefficient (Wildman–Crippen LogP) is 0.811. The normalized spacial score (nSPS) is 22.8. The minimum Gasteiger partial charge on any atom is -0.482 e. The zero-order chi connectivity index (χ0) is 13.2. The monoisotopic (exact) mass is 261 g/mol. The number of likely N-dealkylation sites (tertiary alicyclic amines) is 1. The highest BCUT2D eigenvalue weighted by molar-refractivity contribution is 5.95. The van der Waals surface area contributed by atoms with Gasteiger partial charge < -0.3 is 20.3 Å². The lowest BCUT2D eigenvalue weighted by molar-refractivity contribution is -0.118. The summed E-state index contributed by atoms with van der Waals surface area (Å²) in [4.78, 5) is 13.6. The Morgan fingerprint density at radius 2 is 2.42 bits per heavy atom. The van der Waals surface area contributed by atoms with E-state index >= 15 is 0 Å². The lowest BCUT2D eigenvalue weighted by Crippen LogP contribution is -2.31. The molecule has 1 unspecified atom stereocenters. The van der Waals surface area contributed by atoms with Crippen molar-refractivity contribution in [1.29, 1.82) is 0 Å². The van der Waals surface area contributed by atoms with Crippen molar-refractivity contribution in [2.45, 2.75) is 19.0 Å². The van der Waals surface area contributed by atoms with Crippen LogP contribution in [0.4, 0.5) is 5.69 Å². The number of benzene rings is 1. The second-order valence-corrected chi connectivity index (χ2v) is 5.30. The molecular formula is C14H19N3O2. The molecule has 1 atom stereocenters. The molecule has 19 heavy (non-hydrogen) atoms. The molecule has 2 N–H and O–H groups in total. The number of hydrogen-bond acceptors (Lipinski definition) is 4. The van der Waals surface area contributed by atoms with Crippen molar-refractivity contribution in [3.8, 4) is 5.75 Å². The van der Waals surface area contributed by atoms with Crippen molar-refractivity contribution in [1.82, 2.24) is 10.2 Å². The molecule has 0 aliphatic carbocycles. The van der Waals surface area contributed by atoms with Gasteiger partial charge in [-0.05, 0) is 37.7 Å². The van der Waals surface area contributed by atoms with Crippen molar-refractivity contribution < 1.29 is 9.53 Å². The minimum atomic E-state index is -0.0879. The Labute approximate surface area is 112 Å². The standard InChI is InChI=1S/C14H19N3O2/c1-17-5-4-11(8-17)15-7-10-2-3-13-12(6-10)16-14(18)9-19-13/h2-3,6,11,15H,4-5,7-9H2,1H3,(H,16,18). The number of carbonyl (C=O) groups is 1. The lowest BCUT2D eigenvalue weighted by atomic mass is 10.1. The van der Waals surface area contributed by atoms with E-state index in [0.717, 1.165) is 31.1 Å². The molecule has 3 rings (SSSR count). The van der Waals surface area contributed by atoms with E-state index in [1.54, 1.807) is 0 Å². The van der Waals surface area contributed by atoms with Crippen LogP contribution in [-0.4, -0.2) is 43.6 Å². The van der Waals surface area contributed by atoms with E-state index in [2.05, 4.69) is 22.6 Å². The molecule has 0 bridgehead atoms. The number of hydrogen-bond donors (Lipinski definition) is 2. The first kappa shape index (κ1) is 12.4. The summed E-state index contributed by atoms with van der Waals surface area (Å²) < 4.78 is 5.34. The number of nitrogens with one attached hydrogen (secondary N) is 2. The van der Waals surface area contributed by atoms with Gasteiger partial charge in [0.15, 0.2) is 6.61 Å². The average Bonchev–Trinajstić information content (AvgIpc) is 2.81. The van der Waals surface area contributed by atoms with Gasteiger partial charge in [0, 0.05) is 19.1 Å². The van der Waals surface area contributed by atoms with Gasteiger partial charge in [0.05, 0.1) is 5.69 Å². The average molecular weight is 261 g/mol. The molecule has 0 spiro atoms. The van der Waals surface area contributed by atoms with Crippen LogP contribution >= 0.6 is 0 Å². The summed E-state index contributed by atoms with van der Waals surface area (Å²) in [5, 5.41) is 6.39. The van der Waals surface area contributed by atoms with Gasteiger partial charge in [-0.25, -0.2) is 0 Å². The maximum atomic E-state index is 11.3. The van der Waals surface area contributed by atoms with Crippen LogP contribution in [0.25, 0.3) is 0 Å². The number of ether oxygens (including phenoxy) is 1. The van der Waals surface area contributed by atoms with Crippen LogP contribution in [0.15, 0.2) is 18.2 Å². The molecule has 1 saturated heterocycles. The van der Waals surface area contributed by atoms with Crippen molar-refractivity contribution >= 4 is 11.6 Å². The molecule has 1 fully saturated rings. The number of anilines is 1. The van der Waals surface area contributed by atoms with Crippen LogP contribution in [0.3, 0.4) is 0 Å². The van der Waals surface area contributed by atoms with Gasteiger partial charge in [0.25, 0.3) is 5.91 Å². The highest BCUT2D eigenvalue weighted by Gasteiger charge is 2.19. The first-order valence-corrected chi connectivity index (χ1v) is 6.68. The molecule has 2 aliphatic rings. The number of nitrogens with zero attached hydrogens (tertiary/aromatic N) is 1. The van der Waals surface area contributed by atoms with E-state index in [0.29, 0.717) is 6.04 Å². The Morgan fingerprint density at radius 3 is 3.21 bits per heavy atom. The third kappa shape index (κ3) is 2.88. The quantitative estimate of drug-likeness (QED) is 0.845. The van der Waals surface area contributed by atoms with Crippen molar-refractivity contribution in [3.05, 3.63) is 23.8 Å². The second kappa shape index (κ2) is 5.19. The number of likely N-dealkylation sites (N-methyl/N-ethyl adjacent to an activating group) is 1. The van der Waals surface area contributed by atoms with Crippen molar-refractivity contribution in [2.24, 2.45) is 0 Å². The molecule has 0 saturated carbocycles. The van der Waals surface area contributed by atoms with Gasteiger partial charge in [-0.3, -0.25) is 4.79 Å². The highest BCUT2D eigenvalue weighted by Crippen LogP contribution is 2.28. The largest absolute Gasteiger partial charge is 0.482 e. The Kier molecular flexibility index (Phi) is 3.40. The molecule has 1 amide bonds.